The van der Waals surface area contributed by atoms with Gasteiger partial charge >= 0.3 is 0 Å². The minimum atomic E-state index is -0.733. The Bertz CT molecular complexity index is 711. The molecule has 6 heteroatoms. The molecule has 1 heterocycles. The lowest BCUT2D eigenvalue weighted by Crippen LogP contribution is -2.41. The molecule has 0 bridgehead atoms. The monoisotopic (exact) mass is 307 g/mol. The molecule has 0 radical (unpaired) electrons. The number of hydrogen-bond acceptors (Lipinski definition) is 2. The molecule has 0 aliphatic rings. The van der Waals surface area contributed by atoms with E-state index in [-0.39, 0.29) is 29.0 Å². The zero-order valence-electron chi connectivity index (χ0n) is 13.0. The summed E-state index contributed by atoms with van der Waals surface area (Å²) < 4.78 is 26.7. The Balaban J connectivity index is 2.26. The van der Waals surface area contributed by atoms with E-state index in [1.807, 2.05) is 27.7 Å². The smallest absolute Gasteiger partial charge is 0.247 e. The summed E-state index contributed by atoms with van der Waals surface area (Å²) in [6.07, 6.45) is 2.85. The lowest BCUT2D eigenvalue weighted by Gasteiger charge is -2.29. The van der Waals surface area contributed by atoms with E-state index in [1.165, 1.54) is 18.2 Å². The average Bonchev–Trinajstić information content (AvgIpc) is 2.78. The highest BCUT2D eigenvalue weighted by molar-refractivity contribution is 5.92. The minimum absolute atomic E-state index is 0.0538. The summed E-state index contributed by atoms with van der Waals surface area (Å²) in [5.74, 6) is -1.26. The second-order valence-corrected chi connectivity index (χ2v) is 5.67. The molecule has 1 amide bonds. The molecule has 0 aliphatic carbocycles. The Labute approximate surface area is 127 Å². The quantitative estimate of drug-likeness (QED) is 0.879. The van der Waals surface area contributed by atoms with Gasteiger partial charge in [-0.1, -0.05) is 0 Å². The normalized spacial score (nSPS) is 12.0. The van der Waals surface area contributed by atoms with Gasteiger partial charge in [0.05, 0.1) is 5.52 Å². The largest absolute Gasteiger partial charge is 0.338 e. The zero-order chi connectivity index (χ0) is 16.4. The molecule has 0 unspecified atom stereocenters. The molecule has 2 aromatic rings. The van der Waals surface area contributed by atoms with Crippen LogP contribution in [0.25, 0.3) is 17.1 Å². The maximum absolute atomic E-state index is 13.6. The number of nitrogens with zero attached hydrogens (tertiary/aromatic N) is 2. The Kier molecular flexibility index (Phi) is 4.59. The first kappa shape index (κ1) is 16.1. The number of carbonyl (C=O) groups excluding carboxylic acids is 1. The molecule has 2 rings (SSSR count). The number of imidazole rings is 1. The number of aromatic amines is 1. The van der Waals surface area contributed by atoms with Crippen LogP contribution in [0, 0.1) is 11.6 Å². The predicted molar refractivity (Wildman–Crippen MR) is 82.2 cm³/mol. The van der Waals surface area contributed by atoms with Crippen LogP contribution in [0.15, 0.2) is 18.2 Å². The van der Waals surface area contributed by atoms with Gasteiger partial charge in [0.1, 0.15) is 17.2 Å². The minimum Gasteiger partial charge on any atom is -0.338 e. The van der Waals surface area contributed by atoms with Crippen LogP contribution in [-0.4, -0.2) is 32.9 Å². The third kappa shape index (κ3) is 3.32. The number of rotatable bonds is 4. The van der Waals surface area contributed by atoms with E-state index in [0.717, 1.165) is 6.07 Å². The number of benzene rings is 1. The number of fused-ring (bicyclic) bond motifs is 1. The van der Waals surface area contributed by atoms with Gasteiger partial charge in [-0.15, -0.1) is 0 Å². The summed E-state index contributed by atoms with van der Waals surface area (Å²) in [4.78, 5) is 20.7. The van der Waals surface area contributed by atoms with Gasteiger partial charge in [-0.25, -0.2) is 13.8 Å². The van der Waals surface area contributed by atoms with Crippen molar-refractivity contribution in [3.8, 4) is 0 Å². The number of H-pyrrole nitrogens is 1. The van der Waals surface area contributed by atoms with Crippen molar-refractivity contribution in [2.24, 2.45) is 0 Å². The van der Waals surface area contributed by atoms with Crippen molar-refractivity contribution in [3.05, 3.63) is 35.7 Å². The van der Waals surface area contributed by atoms with Crippen LogP contribution >= 0.6 is 0 Å². The van der Waals surface area contributed by atoms with Crippen molar-refractivity contribution in [2.45, 2.75) is 39.8 Å². The molecule has 0 spiro atoms. The van der Waals surface area contributed by atoms with Gasteiger partial charge in [-0.05, 0) is 39.8 Å². The molecule has 0 saturated carbocycles. The molecular formula is C16H19F2N3O. The summed E-state index contributed by atoms with van der Waals surface area (Å²) in [5.41, 5.74) is 0.312. The predicted octanol–water partition coefficient (Wildman–Crippen LogP) is 3.50. The molecule has 118 valence electrons. The fourth-order valence-electron chi connectivity index (χ4n) is 2.48. The summed E-state index contributed by atoms with van der Waals surface area (Å²) in [7, 11) is 0. The van der Waals surface area contributed by atoms with Crippen molar-refractivity contribution in [2.75, 3.05) is 0 Å². The van der Waals surface area contributed by atoms with Crippen molar-refractivity contribution in [3.63, 3.8) is 0 Å². The molecule has 22 heavy (non-hydrogen) atoms. The summed E-state index contributed by atoms with van der Waals surface area (Å²) in [6.45, 7) is 7.74. The zero-order valence-corrected chi connectivity index (χ0v) is 13.0. The molecule has 0 fully saturated rings. The fraction of sp³-hybridized carbons (Fsp3) is 0.375. The van der Waals surface area contributed by atoms with Gasteiger partial charge in [0, 0.05) is 24.2 Å². The third-order valence-electron chi connectivity index (χ3n) is 3.27. The summed E-state index contributed by atoms with van der Waals surface area (Å²) in [5, 5.41) is 0. The van der Waals surface area contributed by atoms with Gasteiger partial charge in [-0.3, -0.25) is 4.79 Å². The van der Waals surface area contributed by atoms with E-state index in [9.17, 15) is 13.6 Å². The van der Waals surface area contributed by atoms with Crippen LogP contribution in [0.3, 0.4) is 0 Å². The van der Waals surface area contributed by atoms with Crippen LogP contribution in [0.2, 0.25) is 0 Å². The molecule has 0 saturated heterocycles. The highest BCUT2D eigenvalue weighted by Gasteiger charge is 2.17. The molecule has 1 aromatic heterocycles. The van der Waals surface area contributed by atoms with E-state index in [0.29, 0.717) is 5.82 Å². The average molecular weight is 307 g/mol. The first-order valence-corrected chi connectivity index (χ1v) is 7.14. The van der Waals surface area contributed by atoms with E-state index in [4.69, 9.17) is 0 Å². The van der Waals surface area contributed by atoms with Crippen LogP contribution in [0.1, 0.15) is 33.5 Å². The first-order chi connectivity index (χ1) is 10.3. The number of nitrogens with one attached hydrogen (secondary N) is 1. The van der Waals surface area contributed by atoms with E-state index in [2.05, 4.69) is 9.97 Å². The second-order valence-electron chi connectivity index (χ2n) is 5.67. The van der Waals surface area contributed by atoms with Gasteiger partial charge in [0.15, 0.2) is 5.82 Å². The lowest BCUT2D eigenvalue weighted by molar-refractivity contribution is -0.129. The molecule has 4 nitrogen and oxygen atoms in total. The van der Waals surface area contributed by atoms with Crippen molar-refractivity contribution < 1.29 is 13.6 Å². The Morgan fingerprint density at radius 1 is 1.23 bits per heavy atom. The molecular weight excluding hydrogens is 288 g/mol. The number of amides is 1. The number of carbonyl (C=O) groups is 1. The second kappa shape index (κ2) is 6.25. The van der Waals surface area contributed by atoms with Crippen molar-refractivity contribution in [1.29, 1.82) is 0 Å². The maximum Gasteiger partial charge on any atom is 0.247 e. The van der Waals surface area contributed by atoms with Gasteiger partial charge in [0.25, 0.3) is 0 Å². The Morgan fingerprint density at radius 2 is 1.86 bits per heavy atom. The van der Waals surface area contributed by atoms with E-state index >= 15 is 0 Å². The molecule has 1 N–H and O–H groups in total. The van der Waals surface area contributed by atoms with Gasteiger partial charge in [0.2, 0.25) is 5.91 Å². The summed E-state index contributed by atoms with van der Waals surface area (Å²) in [6, 6.07) is 2.08. The fourth-order valence-corrected chi connectivity index (χ4v) is 2.48. The Hall–Kier alpha value is -2.24. The number of hydrogen-bond donors (Lipinski definition) is 1. The lowest BCUT2D eigenvalue weighted by atomic mass is 10.2. The van der Waals surface area contributed by atoms with Crippen LogP contribution < -0.4 is 0 Å². The molecule has 1 aromatic carbocycles. The number of aromatic nitrogens is 2. The standard InChI is InChI=1S/C16H19F2N3O/c1-9(2)21(10(3)4)15(22)6-5-14-19-13-8-11(17)7-12(18)16(13)20-14/h5-10H,1-4H3,(H,19,20). The van der Waals surface area contributed by atoms with Crippen molar-refractivity contribution >= 4 is 23.0 Å². The van der Waals surface area contributed by atoms with Gasteiger partial charge < -0.3 is 9.88 Å². The highest BCUT2D eigenvalue weighted by Crippen LogP contribution is 2.18. The number of halogens is 2. The third-order valence-corrected chi connectivity index (χ3v) is 3.27. The van der Waals surface area contributed by atoms with Gasteiger partial charge in [-0.2, -0.15) is 0 Å². The van der Waals surface area contributed by atoms with E-state index in [1.54, 1.807) is 4.90 Å². The molecule has 0 aliphatic heterocycles. The topological polar surface area (TPSA) is 49.0 Å². The summed E-state index contributed by atoms with van der Waals surface area (Å²) >= 11 is 0. The molecule has 0 atom stereocenters. The highest BCUT2D eigenvalue weighted by atomic mass is 19.1. The maximum atomic E-state index is 13.6. The Morgan fingerprint density at radius 3 is 2.45 bits per heavy atom. The van der Waals surface area contributed by atoms with Crippen molar-refractivity contribution in [1.82, 2.24) is 14.9 Å². The SMILES string of the molecule is CC(C)N(C(=O)C=Cc1nc2c(F)cc(F)cc2[nH]1)C(C)C. The van der Waals surface area contributed by atoms with Crippen LogP contribution in [0.4, 0.5) is 8.78 Å². The van der Waals surface area contributed by atoms with Crippen LogP contribution in [0.5, 0.6) is 0 Å². The van der Waals surface area contributed by atoms with Crippen LogP contribution in [-0.2, 0) is 4.79 Å². The van der Waals surface area contributed by atoms with E-state index < -0.39 is 11.6 Å². The first-order valence-electron chi connectivity index (χ1n) is 7.14.